The van der Waals surface area contributed by atoms with Crippen molar-refractivity contribution in [2.75, 3.05) is 0 Å². The van der Waals surface area contributed by atoms with Gasteiger partial charge in [0.25, 0.3) is 0 Å². The van der Waals surface area contributed by atoms with E-state index in [4.69, 9.17) is 9.97 Å². The van der Waals surface area contributed by atoms with Crippen LogP contribution in [0.4, 0.5) is 0 Å². The number of nitrogens with zero attached hydrogens (tertiary/aromatic N) is 3. The van der Waals surface area contributed by atoms with Crippen LogP contribution in [0.5, 0.6) is 0 Å². The summed E-state index contributed by atoms with van der Waals surface area (Å²) in [6.45, 7) is 0. The molecule has 0 atom stereocenters. The second kappa shape index (κ2) is 14.9. The van der Waals surface area contributed by atoms with Crippen LogP contribution < -0.4 is 0 Å². The summed E-state index contributed by atoms with van der Waals surface area (Å²) in [5.41, 5.74) is 24.0. The van der Waals surface area contributed by atoms with E-state index in [1.165, 1.54) is 72.3 Å². The smallest absolute Gasteiger partial charge is 0.160 e. The van der Waals surface area contributed by atoms with Gasteiger partial charge in [-0.2, -0.15) is 0 Å². The zero-order valence-electron chi connectivity index (χ0n) is 37.0. The maximum atomic E-state index is 5.17. The molecule has 2 aromatic heterocycles. The van der Waals surface area contributed by atoms with Crippen LogP contribution >= 0.6 is 0 Å². The monoisotopic (exact) mass is 863 g/mol. The Morgan fingerprint density at radius 2 is 0.662 bits per heavy atom. The first kappa shape index (κ1) is 38.5. The maximum absolute atomic E-state index is 5.17. The predicted octanol–water partition coefficient (Wildman–Crippen LogP) is 15.2. The van der Waals surface area contributed by atoms with Crippen LogP contribution in [0, 0.1) is 0 Å². The minimum atomic E-state index is -0.516. The Hall–Kier alpha value is -8.79. The highest BCUT2D eigenvalue weighted by Gasteiger charge is 2.58. The lowest BCUT2D eigenvalue weighted by atomic mass is 9.52. The number of rotatable bonds is 5. The zero-order valence-corrected chi connectivity index (χ0v) is 37.0. The van der Waals surface area contributed by atoms with Gasteiger partial charge in [-0.25, -0.2) is 9.97 Å². The Morgan fingerprint density at radius 3 is 1.22 bits per heavy atom. The number of pyridine rings is 1. The molecule has 2 spiro atoms. The molecule has 68 heavy (non-hydrogen) atoms. The second-order valence-corrected chi connectivity index (χ2v) is 18.2. The summed E-state index contributed by atoms with van der Waals surface area (Å²) >= 11 is 0. The first-order valence-electron chi connectivity index (χ1n) is 23.4. The van der Waals surface area contributed by atoms with E-state index in [1.807, 2.05) is 42.6 Å². The molecule has 3 aliphatic carbocycles. The average molecular weight is 864 g/mol. The van der Waals surface area contributed by atoms with E-state index >= 15 is 0 Å². The van der Waals surface area contributed by atoms with Crippen LogP contribution in [-0.4, -0.2) is 15.0 Å². The van der Waals surface area contributed by atoms with E-state index in [9.17, 15) is 0 Å². The molecule has 2 heterocycles. The molecule has 316 valence electrons. The molecule has 0 amide bonds. The molecule has 0 radical (unpaired) electrons. The van der Waals surface area contributed by atoms with Crippen LogP contribution in [0.2, 0.25) is 0 Å². The van der Waals surface area contributed by atoms with Crippen molar-refractivity contribution in [1.82, 2.24) is 15.0 Å². The molecule has 0 unspecified atom stereocenters. The molecule has 14 rings (SSSR count). The molecule has 0 saturated heterocycles. The van der Waals surface area contributed by atoms with Crippen LogP contribution in [0.3, 0.4) is 0 Å². The molecule has 0 saturated carbocycles. The summed E-state index contributed by atoms with van der Waals surface area (Å²) in [6, 6.07) is 88.7. The van der Waals surface area contributed by atoms with Gasteiger partial charge in [0.05, 0.1) is 27.9 Å². The third-order valence-corrected chi connectivity index (χ3v) is 14.9. The van der Waals surface area contributed by atoms with Crippen LogP contribution in [0.25, 0.3) is 78.5 Å². The minimum Gasteiger partial charge on any atom is -0.256 e. The Morgan fingerprint density at radius 1 is 0.235 bits per heavy atom. The lowest BCUT2D eigenvalue weighted by Crippen LogP contribution is -2.43. The van der Waals surface area contributed by atoms with E-state index in [1.54, 1.807) is 0 Å². The van der Waals surface area contributed by atoms with E-state index < -0.39 is 10.8 Å². The lowest BCUT2D eigenvalue weighted by Gasteiger charge is -2.48. The first-order chi connectivity index (χ1) is 33.7. The highest BCUT2D eigenvalue weighted by atomic mass is 14.9. The molecule has 3 aliphatic rings. The Labute approximate surface area is 395 Å². The van der Waals surface area contributed by atoms with Gasteiger partial charge in [0, 0.05) is 28.5 Å². The van der Waals surface area contributed by atoms with Crippen molar-refractivity contribution >= 4 is 0 Å². The highest BCUT2D eigenvalue weighted by Crippen LogP contribution is 2.67. The Balaban J connectivity index is 0.902. The second-order valence-electron chi connectivity index (χ2n) is 18.2. The van der Waals surface area contributed by atoms with Gasteiger partial charge in [-0.15, -0.1) is 0 Å². The van der Waals surface area contributed by atoms with Crippen molar-refractivity contribution in [3.05, 3.63) is 293 Å². The topological polar surface area (TPSA) is 38.7 Å². The number of hydrogen-bond donors (Lipinski definition) is 0. The van der Waals surface area contributed by atoms with Crippen molar-refractivity contribution in [2.24, 2.45) is 0 Å². The highest BCUT2D eigenvalue weighted by molar-refractivity contribution is 5.94. The van der Waals surface area contributed by atoms with Gasteiger partial charge in [-0.3, -0.25) is 4.98 Å². The molecule has 9 aromatic carbocycles. The largest absolute Gasteiger partial charge is 0.256 e. The first-order valence-corrected chi connectivity index (χ1v) is 23.4. The quantitative estimate of drug-likeness (QED) is 0.173. The van der Waals surface area contributed by atoms with Crippen molar-refractivity contribution in [3.8, 4) is 78.5 Å². The number of benzene rings is 9. The molecule has 0 aliphatic heterocycles. The fourth-order valence-electron chi connectivity index (χ4n) is 12.1. The summed E-state index contributed by atoms with van der Waals surface area (Å²) < 4.78 is 0. The Bertz CT molecular complexity index is 3700. The van der Waals surface area contributed by atoms with Gasteiger partial charge in [0.15, 0.2) is 5.82 Å². The third kappa shape index (κ3) is 5.39. The number of fused-ring (bicyclic) bond motifs is 16. The van der Waals surface area contributed by atoms with E-state index in [2.05, 4.69) is 211 Å². The number of hydrogen-bond acceptors (Lipinski definition) is 3. The van der Waals surface area contributed by atoms with Gasteiger partial charge >= 0.3 is 0 Å². The van der Waals surface area contributed by atoms with E-state index in [0.717, 1.165) is 44.9 Å². The SMILES string of the molecule is c1ccc(-c2nc(-c3ccc(-c4ccc5c(c4)-c4ccccc4C54c5ccccc5C5(c6ccccc6-c6ccccc65)c5ccccc54)cc3)cc(-c3cccc(-c4ccccn4)c3)n2)cc1. The summed E-state index contributed by atoms with van der Waals surface area (Å²) in [7, 11) is 0. The summed E-state index contributed by atoms with van der Waals surface area (Å²) in [5, 5.41) is 0. The molecule has 3 nitrogen and oxygen atoms in total. The average Bonchev–Trinajstić information content (AvgIpc) is 3.89. The number of aromatic nitrogens is 3. The van der Waals surface area contributed by atoms with E-state index in [-0.39, 0.29) is 0 Å². The standard InChI is InChI=1S/C65H41N3/c1-2-17-44(18-3-1)63-67-61(41-62(68-63)47-20-16-19-46(39-47)60-31-14-15-38-66-60)43-34-32-42(33-35-43)45-36-37-55-51(40-45)50-23-6-9-26-54(50)65(55)58-29-12-10-27-56(58)64(57-28-11-13-30-59(57)65)52-24-7-4-21-48(52)49-22-5-8-25-53(49)64/h1-41H. The summed E-state index contributed by atoms with van der Waals surface area (Å²) in [4.78, 5) is 14.9. The van der Waals surface area contributed by atoms with Crippen molar-refractivity contribution < 1.29 is 0 Å². The molecular weight excluding hydrogens is 823 g/mol. The van der Waals surface area contributed by atoms with Crippen molar-refractivity contribution in [2.45, 2.75) is 10.8 Å². The summed E-state index contributed by atoms with van der Waals surface area (Å²) in [5.74, 6) is 0.690. The van der Waals surface area contributed by atoms with Crippen molar-refractivity contribution in [3.63, 3.8) is 0 Å². The molecule has 0 bridgehead atoms. The van der Waals surface area contributed by atoms with Gasteiger partial charge in [0.2, 0.25) is 0 Å². The normalized spacial score (nSPS) is 13.8. The van der Waals surface area contributed by atoms with Crippen LogP contribution in [0.15, 0.2) is 249 Å². The summed E-state index contributed by atoms with van der Waals surface area (Å²) in [6.07, 6.45) is 1.83. The van der Waals surface area contributed by atoms with E-state index in [0.29, 0.717) is 5.82 Å². The van der Waals surface area contributed by atoms with Gasteiger partial charge in [0.1, 0.15) is 0 Å². The lowest BCUT2D eigenvalue weighted by molar-refractivity contribution is 0.633. The van der Waals surface area contributed by atoms with Crippen LogP contribution in [0.1, 0.15) is 44.5 Å². The Kier molecular flexibility index (Phi) is 8.41. The van der Waals surface area contributed by atoms with Crippen LogP contribution in [-0.2, 0) is 10.8 Å². The third-order valence-electron chi connectivity index (χ3n) is 14.9. The van der Waals surface area contributed by atoms with Crippen molar-refractivity contribution in [1.29, 1.82) is 0 Å². The maximum Gasteiger partial charge on any atom is 0.160 e. The molecule has 3 heteroatoms. The molecule has 11 aromatic rings. The predicted molar refractivity (Wildman–Crippen MR) is 275 cm³/mol. The molecule has 0 N–H and O–H groups in total. The van der Waals surface area contributed by atoms with Gasteiger partial charge in [-0.05, 0) is 108 Å². The fraction of sp³-hybridized carbons (Fsp3) is 0.0308. The van der Waals surface area contributed by atoms with Gasteiger partial charge < -0.3 is 0 Å². The zero-order chi connectivity index (χ0) is 44.8. The molecule has 0 fully saturated rings. The molecular formula is C65H41N3. The minimum absolute atomic E-state index is 0.457. The van der Waals surface area contributed by atoms with Gasteiger partial charge in [-0.1, -0.05) is 212 Å². The fourth-order valence-corrected chi connectivity index (χ4v) is 12.1.